The number of likely N-dealkylation sites (tertiary alicyclic amines) is 2. The molecule has 5 nitrogen and oxygen atoms in total. The van der Waals surface area contributed by atoms with Crippen molar-refractivity contribution in [2.24, 2.45) is 5.41 Å². The van der Waals surface area contributed by atoms with Crippen molar-refractivity contribution < 1.29 is 9.21 Å². The Kier molecular flexibility index (Phi) is 5.04. The third-order valence-corrected chi connectivity index (χ3v) is 6.04. The maximum Gasteiger partial charge on any atom is 0.276 e. The topological polar surface area (TPSA) is 49.6 Å². The molecule has 0 aliphatic carbocycles. The summed E-state index contributed by atoms with van der Waals surface area (Å²) in [5, 5.41) is 0. The Labute approximate surface area is 161 Å². The highest BCUT2D eigenvalue weighted by Crippen LogP contribution is 2.39. The van der Waals surface area contributed by atoms with Gasteiger partial charge in [0.15, 0.2) is 11.6 Å². The molecule has 144 valence electrons. The Balaban J connectivity index is 1.46. The number of amides is 1. The predicted molar refractivity (Wildman–Crippen MR) is 105 cm³/mol. The van der Waals surface area contributed by atoms with Crippen LogP contribution in [0.4, 0.5) is 0 Å². The van der Waals surface area contributed by atoms with Gasteiger partial charge in [0.2, 0.25) is 0 Å². The zero-order valence-corrected chi connectivity index (χ0v) is 16.4. The standard InChI is InChI=1S/C22H29N3O2/c1-17-20(23-18(2)27-17)21(26)25-13-7-11-22(16-25)10-6-12-24(15-22)14-19-8-4-3-5-9-19/h3-5,8-9H,6-7,10-16H2,1-2H3. The maximum absolute atomic E-state index is 13.0. The molecule has 1 atom stereocenters. The van der Waals surface area contributed by atoms with E-state index in [-0.39, 0.29) is 11.3 Å². The van der Waals surface area contributed by atoms with Crippen molar-refractivity contribution in [2.45, 2.75) is 46.1 Å². The molecule has 4 rings (SSSR count). The SMILES string of the molecule is Cc1nc(C(=O)N2CCCC3(CCCN(Cc4ccccc4)C3)C2)c(C)o1. The molecular formula is C22H29N3O2. The largest absolute Gasteiger partial charge is 0.445 e. The zero-order valence-electron chi connectivity index (χ0n) is 16.4. The molecule has 5 heteroatoms. The van der Waals surface area contributed by atoms with E-state index in [2.05, 4.69) is 40.2 Å². The number of aryl methyl sites for hydroxylation is 2. The molecule has 2 saturated heterocycles. The molecule has 1 unspecified atom stereocenters. The Hall–Kier alpha value is -2.14. The van der Waals surface area contributed by atoms with Crippen molar-refractivity contribution in [2.75, 3.05) is 26.2 Å². The number of carbonyl (C=O) groups is 1. The first kappa shape index (κ1) is 18.2. The monoisotopic (exact) mass is 367 g/mol. The number of benzene rings is 1. The fourth-order valence-electron chi connectivity index (χ4n) is 4.88. The summed E-state index contributed by atoms with van der Waals surface area (Å²) in [7, 11) is 0. The molecule has 1 aromatic carbocycles. The van der Waals surface area contributed by atoms with Crippen LogP contribution in [0.1, 0.15) is 53.4 Å². The number of rotatable bonds is 3. The summed E-state index contributed by atoms with van der Waals surface area (Å²) >= 11 is 0. The summed E-state index contributed by atoms with van der Waals surface area (Å²) in [6.45, 7) is 8.50. The van der Waals surface area contributed by atoms with Gasteiger partial charge in [0.1, 0.15) is 5.76 Å². The summed E-state index contributed by atoms with van der Waals surface area (Å²) in [6, 6.07) is 10.7. The minimum atomic E-state index is 0.0311. The van der Waals surface area contributed by atoms with E-state index < -0.39 is 0 Å². The van der Waals surface area contributed by atoms with Crippen LogP contribution in [0, 0.1) is 19.3 Å². The smallest absolute Gasteiger partial charge is 0.276 e. The molecule has 2 aliphatic heterocycles. The van der Waals surface area contributed by atoms with Gasteiger partial charge in [-0.1, -0.05) is 30.3 Å². The Morgan fingerprint density at radius 3 is 2.56 bits per heavy atom. The first-order valence-corrected chi connectivity index (χ1v) is 10.0. The van der Waals surface area contributed by atoms with Crippen LogP contribution in [0.25, 0.3) is 0 Å². The van der Waals surface area contributed by atoms with Gasteiger partial charge in [-0.05, 0) is 44.7 Å². The molecule has 1 spiro atoms. The molecule has 0 saturated carbocycles. The lowest BCUT2D eigenvalue weighted by atomic mass is 9.73. The van der Waals surface area contributed by atoms with Crippen LogP contribution in [-0.2, 0) is 6.54 Å². The molecular weight excluding hydrogens is 338 g/mol. The molecule has 2 aromatic rings. The minimum Gasteiger partial charge on any atom is -0.445 e. The van der Waals surface area contributed by atoms with Gasteiger partial charge in [0.05, 0.1) is 0 Å². The number of hydrogen-bond donors (Lipinski definition) is 0. The maximum atomic E-state index is 13.0. The van der Waals surface area contributed by atoms with Gasteiger partial charge in [0.25, 0.3) is 5.91 Å². The molecule has 3 heterocycles. The minimum absolute atomic E-state index is 0.0311. The Morgan fingerprint density at radius 1 is 1.11 bits per heavy atom. The van der Waals surface area contributed by atoms with Gasteiger partial charge in [-0.25, -0.2) is 4.98 Å². The highest BCUT2D eigenvalue weighted by molar-refractivity contribution is 5.93. The van der Waals surface area contributed by atoms with Gasteiger partial charge >= 0.3 is 0 Å². The Bertz CT molecular complexity index is 797. The fraction of sp³-hybridized carbons (Fsp3) is 0.545. The van der Waals surface area contributed by atoms with Gasteiger partial charge in [-0.3, -0.25) is 9.69 Å². The molecule has 2 fully saturated rings. The van der Waals surface area contributed by atoms with Crippen LogP contribution in [0.15, 0.2) is 34.7 Å². The first-order valence-electron chi connectivity index (χ1n) is 10.0. The third kappa shape index (κ3) is 3.93. The van der Waals surface area contributed by atoms with Crippen molar-refractivity contribution in [3.8, 4) is 0 Å². The van der Waals surface area contributed by atoms with E-state index in [4.69, 9.17) is 4.42 Å². The highest BCUT2D eigenvalue weighted by atomic mass is 16.4. The van der Waals surface area contributed by atoms with Crippen LogP contribution in [0.5, 0.6) is 0 Å². The average molecular weight is 367 g/mol. The summed E-state index contributed by atoms with van der Waals surface area (Å²) in [6.07, 6.45) is 4.69. The number of nitrogens with zero attached hydrogens (tertiary/aromatic N) is 3. The Morgan fingerprint density at radius 2 is 1.85 bits per heavy atom. The normalized spacial score (nSPS) is 23.7. The molecule has 0 bridgehead atoms. The van der Waals surface area contributed by atoms with E-state index in [1.54, 1.807) is 6.92 Å². The van der Waals surface area contributed by atoms with E-state index in [1.807, 2.05) is 11.8 Å². The van der Waals surface area contributed by atoms with Crippen LogP contribution in [0.2, 0.25) is 0 Å². The second kappa shape index (κ2) is 7.47. The summed E-state index contributed by atoms with van der Waals surface area (Å²) in [4.78, 5) is 21.9. The van der Waals surface area contributed by atoms with Crippen molar-refractivity contribution in [1.82, 2.24) is 14.8 Å². The zero-order chi connectivity index (χ0) is 18.9. The van der Waals surface area contributed by atoms with Crippen molar-refractivity contribution in [1.29, 1.82) is 0 Å². The fourth-order valence-corrected chi connectivity index (χ4v) is 4.88. The van der Waals surface area contributed by atoms with Gasteiger partial charge in [0, 0.05) is 38.5 Å². The van der Waals surface area contributed by atoms with Crippen LogP contribution in [-0.4, -0.2) is 46.9 Å². The molecule has 2 aliphatic rings. The second-order valence-electron chi connectivity index (χ2n) is 8.27. The van der Waals surface area contributed by atoms with E-state index in [0.29, 0.717) is 17.3 Å². The van der Waals surface area contributed by atoms with Gasteiger partial charge < -0.3 is 9.32 Å². The predicted octanol–water partition coefficient (Wildman–Crippen LogP) is 3.81. The quantitative estimate of drug-likeness (QED) is 0.828. The molecule has 1 aromatic heterocycles. The number of hydrogen-bond acceptors (Lipinski definition) is 4. The number of aromatic nitrogens is 1. The third-order valence-electron chi connectivity index (χ3n) is 6.04. The number of oxazole rings is 1. The number of piperidine rings is 2. The van der Waals surface area contributed by atoms with E-state index in [1.165, 1.54) is 24.8 Å². The van der Waals surface area contributed by atoms with Gasteiger partial charge in [-0.2, -0.15) is 0 Å². The summed E-state index contributed by atoms with van der Waals surface area (Å²) in [5.41, 5.74) is 2.07. The van der Waals surface area contributed by atoms with Crippen molar-refractivity contribution >= 4 is 5.91 Å². The lowest BCUT2D eigenvalue weighted by Crippen LogP contribution is -2.53. The van der Waals surface area contributed by atoms with Crippen LogP contribution in [0.3, 0.4) is 0 Å². The average Bonchev–Trinajstić information content (AvgIpc) is 3.00. The first-order chi connectivity index (χ1) is 13.0. The lowest BCUT2D eigenvalue weighted by Gasteiger charge is -2.48. The van der Waals surface area contributed by atoms with Crippen molar-refractivity contribution in [3.05, 3.63) is 53.2 Å². The van der Waals surface area contributed by atoms with E-state index in [9.17, 15) is 4.79 Å². The number of carbonyl (C=O) groups excluding carboxylic acids is 1. The molecule has 0 radical (unpaired) electrons. The summed E-state index contributed by atoms with van der Waals surface area (Å²) < 4.78 is 5.48. The van der Waals surface area contributed by atoms with Gasteiger partial charge in [-0.15, -0.1) is 0 Å². The van der Waals surface area contributed by atoms with Crippen LogP contribution >= 0.6 is 0 Å². The van der Waals surface area contributed by atoms with E-state index in [0.717, 1.165) is 39.1 Å². The summed E-state index contributed by atoms with van der Waals surface area (Å²) in [5.74, 6) is 1.23. The molecule has 1 amide bonds. The molecule has 0 N–H and O–H groups in total. The van der Waals surface area contributed by atoms with Crippen LogP contribution < -0.4 is 0 Å². The van der Waals surface area contributed by atoms with Crippen molar-refractivity contribution in [3.63, 3.8) is 0 Å². The van der Waals surface area contributed by atoms with E-state index >= 15 is 0 Å². The highest BCUT2D eigenvalue weighted by Gasteiger charge is 2.41. The second-order valence-corrected chi connectivity index (χ2v) is 8.27. The molecule has 27 heavy (non-hydrogen) atoms. The lowest BCUT2D eigenvalue weighted by molar-refractivity contribution is 0.0110.